The van der Waals surface area contributed by atoms with Crippen LogP contribution in [0.25, 0.3) is 0 Å². The Kier molecular flexibility index (Phi) is 8.29. The molecule has 2 saturated carbocycles. The average molecular weight is 383 g/mol. The predicted molar refractivity (Wildman–Crippen MR) is 104 cm³/mol. The van der Waals surface area contributed by atoms with Gasteiger partial charge in [-0.05, 0) is 94.0 Å². The first-order valence-corrected chi connectivity index (χ1v) is 11.2. The molecule has 2 nitrogen and oxygen atoms in total. The molecule has 2 unspecified atom stereocenters. The fourth-order valence-electron chi connectivity index (χ4n) is 5.55. The van der Waals surface area contributed by atoms with Crippen molar-refractivity contribution in [2.24, 2.45) is 23.7 Å². The van der Waals surface area contributed by atoms with E-state index in [1.54, 1.807) is 0 Å². The molecule has 3 fully saturated rings. The highest BCUT2D eigenvalue weighted by Gasteiger charge is 2.30. The van der Waals surface area contributed by atoms with E-state index in [1.165, 1.54) is 38.5 Å². The van der Waals surface area contributed by atoms with Gasteiger partial charge in [-0.25, -0.2) is 0 Å². The summed E-state index contributed by atoms with van der Waals surface area (Å²) < 4.78 is 30.2. The molecule has 0 aromatic carbocycles. The fourth-order valence-corrected chi connectivity index (χ4v) is 5.55. The highest BCUT2D eigenvalue weighted by Crippen LogP contribution is 2.41. The SMILES string of the molecule is O=C1CCC(C2CCC(CCC3CCC(CCC=C(F)F)CO3)CC2)CC1. The van der Waals surface area contributed by atoms with E-state index in [0.29, 0.717) is 24.2 Å². The lowest BCUT2D eigenvalue weighted by atomic mass is 9.70. The summed E-state index contributed by atoms with van der Waals surface area (Å²) in [6.07, 6.45) is 15.2. The molecule has 4 heteroatoms. The van der Waals surface area contributed by atoms with Gasteiger partial charge in [0, 0.05) is 19.4 Å². The molecular weight excluding hydrogens is 346 g/mol. The van der Waals surface area contributed by atoms with Crippen LogP contribution in [-0.2, 0) is 9.53 Å². The summed E-state index contributed by atoms with van der Waals surface area (Å²) in [4.78, 5) is 11.4. The molecule has 1 heterocycles. The minimum atomic E-state index is -1.56. The molecule has 1 saturated heterocycles. The van der Waals surface area contributed by atoms with Gasteiger partial charge in [0.25, 0.3) is 6.08 Å². The van der Waals surface area contributed by atoms with Gasteiger partial charge >= 0.3 is 0 Å². The maximum absolute atomic E-state index is 12.1. The first-order chi connectivity index (χ1) is 13.1. The standard InChI is InChI=1S/C23H36F2O2/c24-23(25)3-1-2-18-7-15-22(27-16-18)14-6-17-4-8-19(9-5-17)20-10-12-21(26)13-11-20/h3,17-20,22H,1-2,4-16H2. The summed E-state index contributed by atoms with van der Waals surface area (Å²) in [5.41, 5.74) is 0. The molecule has 3 rings (SSSR count). The van der Waals surface area contributed by atoms with E-state index in [2.05, 4.69) is 0 Å². The first kappa shape index (κ1) is 21.0. The van der Waals surface area contributed by atoms with Crippen LogP contribution in [0.3, 0.4) is 0 Å². The van der Waals surface area contributed by atoms with E-state index < -0.39 is 6.08 Å². The van der Waals surface area contributed by atoms with Crippen molar-refractivity contribution in [3.8, 4) is 0 Å². The highest BCUT2D eigenvalue weighted by atomic mass is 19.3. The van der Waals surface area contributed by atoms with Crippen LogP contribution < -0.4 is 0 Å². The monoisotopic (exact) mass is 382 g/mol. The maximum atomic E-state index is 12.1. The third kappa shape index (κ3) is 6.96. The lowest BCUT2D eigenvalue weighted by Crippen LogP contribution is -2.28. The van der Waals surface area contributed by atoms with E-state index in [0.717, 1.165) is 75.4 Å². The lowest BCUT2D eigenvalue weighted by molar-refractivity contribution is -0.121. The second kappa shape index (κ2) is 10.7. The Morgan fingerprint density at radius 2 is 1.52 bits per heavy atom. The van der Waals surface area contributed by atoms with E-state index in [4.69, 9.17) is 4.74 Å². The van der Waals surface area contributed by atoms with Crippen LogP contribution in [0, 0.1) is 23.7 Å². The minimum absolute atomic E-state index is 0.386. The molecular formula is C23H36F2O2. The number of hydrogen-bond acceptors (Lipinski definition) is 2. The molecule has 1 aliphatic heterocycles. The third-order valence-electron chi connectivity index (χ3n) is 7.38. The summed E-state index contributed by atoms with van der Waals surface area (Å²) in [6.45, 7) is 0.750. The number of Topliss-reactive ketones (excluding diaryl/α,β-unsaturated/α-hetero) is 1. The number of hydrogen-bond donors (Lipinski definition) is 0. The van der Waals surface area contributed by atoms with Crippen molar-refractivity contribution in [2.45, 2.75) is 96.0 Å². The molecule has 2 atom stereocenters. The largest absolute Gasteiger partial charge is 0.378 e. The van der Waals surface area contributed by atoms with Gasteiger partial charge < -0.3 is 4.74 Å². The number of rotatable bonds is 7. The van der Waals surface area contributed by atoms with Crippen molar-refractivity contribution in [3.63, 3.8) is 0 Å². The summed E-state index contributed by atoms with van der Waals surface area (Å²) in [5.74, 6) is 3.45. The van der Waals surface area contributed by atoms with Gasteiger partial charge in [0.15, 0.2) is 0 Å². The number of carbonyl (C=O) groups excluding carboxylic acids is 1. The molecule has 0 aromatic rings. The van der Waals surface area contributed by atoms with E-state index in [-0.39, 0.29) is 0 Å². The normalized spacial score (nSPS) is 33.0. The van der Waals surface area contributed by atoms with Gasteiger partial charge in [0.05, 0.1) is 6.10 Å². The van der Waals surface area contributed by atoms with Gasteiger partial charge in [-0.1, -0.05) is 12.8 Å². The number of carbonyl (C=O) groups is 1. The predicted octanol–water partition coefficient (Wildman–Crippen LogP) is 6.69. The minimum Gasteiger partial charge on any atom is -0.378 e. The highest BCUT2D eigenvalue weighted by molar-refractivity contribution is 5.79. The number of halogens is 2. The zero-order valence-corrected chi connectivity index (χ0v) is 16.6. The van der Waals surface area contributed by atoms with Crippen molar-refractivity contribution in [2.75, 3.05) is 6.61 Å². The number of allylic oxidation sites excluding steroid dienone is 1. The zero-order chi connectivity index (χ0) is 19.1. The Morgan fingerprint density at radius 1 is 0.852 bits per heavy atom. The smallest absolute Gasteiger partial charge is 0.266 e. The van der Waals surface area contributed by atoms with Gasteiger partial charge in [-0.15, -0.1) is 0 Å². The van der Waals surface area contributed by atoms with Gasteiger partial charge in [-0.2, -0.15) is 8.78 Å². The van der Waals surface area contributed by atoms with Crippen molar-refractivity contribution in [3.05, 3.63) is 12.2 Å². The lowest BCUT2D eigenvalue weighted by Gasteiger charge is -2.36. The Bertz CT molecular complexity index is 475. The van der Waals surface area contributed by atoms with Crippen LogP contribution in [0.1, 0.15) is 89.9 Å². The first-order valence-electron chi connectivity index (χ1n) is 11.2. The molecule has 0 N–H and O–H groups in total. The van der Waals surface area contributed by atoms with Gasteiger partial charge in [0.1, 0.15) is 5.78 Å². The van der Waals surface area contributed by atoms with Crippen LogP contribution in [0.15, 0.2) is 12.2 Å². The summed E-state index contributed by atoms with van der Waals surface area (Å²) in [5, 5.41) is 0. The average Bonchev–Trinajstić information content (AvgIpc) is 2.68. The van der Waals surface area contributed by atoms with E-state index >= 15 is 0 Å². The third-order valence-corrected chi connectivity index (χ3v) is 7.38. The van der Waals surface area contributed by atoms with Crippen LogP contribution in [0.4, 0.5) is 8.78 Å². The van der Waals surface area contributed by atoms with Gasteiger partial charge in [0.2, 0.25) is 0 Å². The van der Waals surface area contributed by atoms with Crippen molar-refractivity contribution >= 4 is 5.78 Å². The fraction of sp³-hybridized carbons (Fsp3) is 0.870. The van der Waals surface area contributed by atoms with E-state index in [1.807, 2.05) is 0 Å². The van der Waals surface area contributed by atoms with Crippen molar-refractivity contribution in [1.82, 2.24) is 0 Å². The summed E-state index contributed by atoms with van der Waals surface area (Å²) >= 11 is 0. The molecule has 0 amide bonds. The molecule has 0 aromatic heterocycles. The summed E-state index contributed by atoms with van der Waals surface area (Å²) in [6, 6.07) is 0. The van der Waals surface area contributed by atoms with Gasteiger partial charge in [-0.3, -0.25) is 4.79 Å². The Morgan fingerprint density at radius 3 is 2.15 bits per heavy atom. The molecule has 0 bridgehead atoms. The van der Waals surface area contributed by atoms with Crippen molar-refractivity contribution < 1.29 is 18.3 Å². The molecule has 0 spiro atoms. The summed E-state index contributed by atoms with van der Waals surface area (Å²) in [7, 11) is 0. The number of ketones is 1. The maximum Gasteiger partial charge on any atom is 0.266 e. The Balaban J connectivity index is 1.26. The molecule has 0 radical (unpaired) electrons. The quantitative estimate of drug-likeness (QED) is 0.490. The van der Waals surface area contributed by atoms with Crippen LogP contribution in [0.5, 0.6) is 0 Å². The number of ether oxygens (including phenoxy) is 1. The van der Waals surface area contributed by atoms with Crippen LogP contribution in [0.2, 0.25) is 0 Å². The Hall–Kier alpha value is -0.770. The second-order valence-electron chi connectivity index (χ2n) is 9.20. The van der Waals surface area contributed by atoms with Crippen LogP contribution >= 0.6 is 0 Å². The molecule has 27 heavy (non-hydrogen) atoms. The second-order valence-corrected chi connectivity index (χ2v) is 9.20. The van der Waals surface area contributed by atoms with Crippen molar-refractivity contribution in [1.29, 1.82) is 0 Å². The Labute approximate surface area is 163 Å². The topological polar surface area (TPSA) is 26.3 Å². The molecule has 3 aliphatic rings. The zero-order valence-electron chi connectivity index (χ0n) is 16.6. The van der Waals surface area contributed by atoms with Crippen LogP contribution in [-0.4, -0.2) is 18.5 Å². The molecule has 2 aliphatic carbocycles. The molecule has 154 valence electrons. The van der Waals surface area contributed by atoms with E-state index in [9.17, 15) is 13.6 Å².